The van der Waals surface area contributed by atoms with Crippen LogP contribution in [0.15, 0.2) is 30.6 Å². The number of halogens is 1. The first-order chi connectivity index (χ1) is 8.40. The monoisotopic (exact) mass is 246 g/mol. The van der Waals surface area contributed by atoms with E-state index in [1.807, 2.05) is 6.33 Å². The molecule has 0 fully saturated rings. The van der Waals surface area contributed by atoms with E-state index >= 15 is 0 Å². The number of aromatic nitrogens is 2. The summed E-state index contributed by atoms with van der Waals surface area (Å²) < 4.78 is 2.26. The first-order valence-electron chi connectivity index (χ1n) is 6.08. The van der Waals surface area contributed by atoms with Gasteiger partial charge in [-0.3, -0.25) is 0 Å². The van der Waals surface area contributed by atoms with Gasteiger partial charge in [-0.2, -0.15) is 0 Å². The van der Waals surface area contributed by atoms with E-state index in [1.54, 1.807) is 0 Å². The summed E-state index contributed by atoms with van der Waals surface area (Å²) >= 11 is 5.75. The molecule has 1 heterocycles. The van der Waals surface area contributed by atoms with Crippen LogP contribution >= 0.6 is 11.6 Å². The molecule has 1 aromatic carbocycles. The summed E-state index contributed by atoms with van der Waals surface area (Å²) in [5.41, 5.74) is 5.26. The Balaban J connectivity index is 2.01. The fourth-order valence-electron chi connectivity index (χ4n) is 2.54. The number of benzene rings is 1. The highest BCUT2D eigenvalue weighted by molar-refractivity contribution is 6.17. The Hall–Kier alpha value is -1.28. The lowest BCUT2D eigenvalue weighted by molar-refractivity contribution is 0.643. The number of nitrogens with zero attached hydrogens (tertiary/aromatic N) is 2. The van der Waals surface area contributed by atoms with Gasteiger partial charge in [-0.1, -0.05) is 24.3 Å². The van der Waals surface area contributed by atoms with E-state index in [0.717, 1.165) is 25.8 Å². The lowest BCUT2D eigenvalue weighted by atomic mass is 9.92. The van der Waals surface area contributed by atoms with Crippen molar-refractivity contribution in [1.29, 1.82) is 0 Å². The van der Waals surface area contributed by atoms with Gasteiger partial charge in [-0.05, 0) is 24.8 Å². The number of imidazole rings is 1. The van der Waals surface area contributed by atoms with E-state index in [4.69, 9.17) is 11.6 Å². The Morgan fingerprint density at radius 1 is 1.24 bits per heavy atom. The van der Waals surface area contributed by atoms with Crippen molar-refractivity contribution in [2.45, 2.75) is 25.8 Å². The molecule has 0 N–H and O–H groups in total. The molecule has 2 nitrogen and oxygen atoms in total. The van der Waals surface area contributed by atoms with E-state index in [-0.39, 0.29) is 0 Å². The minimum absolute atomic E-state index is 0.712. The second-order valence-corrected chi connectivity index (χ2v) is 4.81. The van der Waals surface area contributed by atoms with Crippen LogP contribution in [0.3, 0.4) is 0 Å². The summed E-state index contributed by atoms with van der Waals surface area (Å²) in [7, 11) is 0. The molecule has 0 atom stereocenters. The van der Waals surface area contributed by atoms with Crippen LogP contribution in [-0.2, 0) is 19.4 Å². The molecule has 3 rings (SSSR count). The first kappa shape index (κ1) is 10.8. The van der Waals surface area contributed by atoms with Gasteiger partial charge in [-0.15, -0.1) is 11.6 Å². The van der Waals surface area contributed by atoms with E-state index in [9.17, 15) is 0 Å². The SMILES string of the molecule is ClCCCn1cnc2c1CCc1ccccc1-2. The average molecular weight is 247 g/mol. The fraction of sp³-hybridized carbons (Fsp3) is 0.357. The maximum absolute atomic E-state index is 5.75. The summed E-state index contributed by atoms with van der Waals surface area (Å²) in [5.74, 6) is 0.712. The van der Waals surface area contributed by atoms with Crippen LogP contribution in [-0.4, -0.2) is 15.4 Å². The molecule has 0 spiro atoms. The number of alkyl halides is 1. The Kier molecular flexibility index (Phi) is 2.89. The molecular formula is C14H15ClN2. The number of fused-ring (bicyclic) bond motifs is 3. The summed E-state index contributed by atoms with van der Waals surface area (Å²) in [6.07, 6.45) is 5.18. The number of rotatable bonds is 3. The molecule has 0 aliphatic heterocycles. The molecule has 17 heavy (non-hydrogen) atoms. The predicted octanol–water partition coefficient (Wildman–Crippen LogP) is 3.28. The van der Waals surface area contributed by atoms with E-state index < -0.39 is 0 Å². The maximum Gasteiger partial charge on any atom is 0.0956 e. The van der Waals surface area contributed by atoms with Gasteiger partial charge >= 0.3 is 0 Å². The predicted molar refractivity (Wildman–Crippen MR) is 70.4 cm³/mol. The lowest BCUT2D eigenvalue weighted by Gasteiger charge is -2.17. The van der Waals surface area contributed by atoms with Crippen LogP contribution in [0.5, 0.6) is 0 Å². The maximum atomic E-state index is 5.75. The molecule has 3 heteroatoms. The molecule has 1 aliphatic carbocycles. The van der Waals surface area contributed by atoms with Crippen LogP contribution in [0.2, 0.25) is 0 Å². The van der Waals surface area contributed by atoms with E-state index in [0.29, 0.717) is 5.88 Å². The minimum Gasteiger partial charge on any atom is -0.334 e. The van der Waals surface area contributed by atoms with E-state index in [1.165, 1.54) is 22.5 Å². The van der Waals surface area contributed by atoms with Gasteiger partial charge < -0.3 is 4.57 Å². The van der Waals surface area contributed by atoms with Crippen molar-refractivity contribution in [2.75, 3.05) is 5.88 Å². The summed E-state index contributed by atoms with van der Waals surface area (Å²) in [5, 5.41) is 0. The Labute approximate surface area is 106 Å². The highest BCUT2D eigenvalue weighted by Crippen LogP contribution is 2.32. The zero-order chi connectivity index (χ0) is 11.7. The second-order valence-electron chi connectivity index (χ2n) is 4.43. The molecule has 0 bridgehead atoms. The van der Waals surface area contributed by atoms with E-state index in [2.05, 4.69) is 33.8 Å². The smallest absolute Gasteiger partial charge is 0.0956 e. The van der Waals surface area contributed by atoms with Crippen molar-refractivity contribution >= 4 is 11.6 Å². The summed E-state index contributed by atoms with van der Waals surface area (Å²) in [6.45, 7) is 0.980. The minimum atomic E-state index is 0.712. The van der Waals surface area contributed by atoms with Crippen molar-refractivity contribution in [3.8, 4) is 11.3 Å². The van der Waals surface area contributed by atoms with Gasteiger partial charge in [0.1, 0.15) is 0 Å². The quantitative estimate of drug-likeness (QED) is 0.760. The first-order valence-corrected chi connectivity index (χ1v) is 6.62. The summed E-state index contributed by atoms with van der Waals surface area (Å²) in [6, 6.07) is 8.57. The van der Waals surface area contributed by atoms with Crippen LogP contribution < -0.4 is 0 Å². The van der Waals surface area contributed by atoms with Crippen molar-refractivity contribution < 1.29 is 0 Å². The topological polar surface area (TPSA) is 17.8 Å². The van der Waals surface area contributed by atoms with Gasteiger partial charge in [0.15, 0.2) is 0 Å². The van der Waals surface area contributed by atoms with Gasteiger partial charge in [-0.25, -0.2) is 4.98 Å². The average Bonchev–Trinajstić information content (AvgIpc) is 2.80. The molecule has 0 radical (unpaired) electrons. The van der Waals surface area contributed by atoms with Crippen molar-refractivity contribution in [1.82, 2.24) is 9.55 Å². The molecule has 0 unspecified atom stereocenters. The van der Waals surface area contributed by atoms with Crippen molar-refractivity contribution in [3.63, 3.8) is 0 Å². The van der Waals surface area contributed by atoms with Crippen LogP contribution in [0.4, 0.5) is 0 Å². The molecule has 88 valence electrons. The molecule has 0 saturated carbocycles. The van der Waals surface area contributed by atoms with Crippen LogP contribution in [0.1, 0.15) is 17.7 Å². The standard InChI is InChI=1S/C14H15ClN2/c15-8-3-9-17-10-16-14-12-5-2-1-4-11(12)6-7-13(14)17/h1-2,4-5,10H,3,6-9H2. The van der Waals surface area contributed by atoms with Crippen LogP contribution in [0, 0.1) is 0 Å². The van der Waals surface area contributed by atoms with Crippen molar-refractivity contribution in [3.05, 3.63) is 41.9 Å². The van der Waals surface area contributed by atoms with Crippen molar-refractivity contribution in [2.24, 2.45) is 0 Å². The number of aryl methyl sites for hydroxylation is 2. The van der Waals surface area contributed by atoms with Gasteiger partial charge in [0.2, 0.25) is 0 Å². The zero-order valence-corrected chi connectivity index (χ0v) is 10.5. The molecule has 1 aliphatic rings. The Morgan fingerprint density at radius 3 is 3.00 bits per heavy atom. The molecule has 0 amide bonds. The molecule has 0 saturated heterocycles. The third-order valence-electron chi connectivity index (χ3n) is 3.38. The highest BCUT2D eigenvalue weighted by Gasteiger charge is 2.19. The third kappa shape index (κ3) is 1.87. The lowest BCUT2D eigenvalue weighted by Crippen LogP contribution is -2.09. The Morgan fingerprint density at radius 2 is 2.12 bits per heavy atom. The number of hydrogen-bond acceptors (Lipinski definition) is 1. The highest BCUT2D eigenvalue weighted by atomic mass is 35.5. The van der Waals surface area contributed by atoms with Gasteiger partial charge in [0, 0.05) is 23.7 Å². The van der Waals surface area contributed by atoms with Crippen LogP contribution in [0.25, 0.3) is 11.3 Å². The largest absolute Gasteiger partial charge is 0.334 e. The summed E-state index contributed by atoms with van der Waals surface area (Å²) in [4.78, 5) is 4.57. The zero-order valence-electron chi connectivity index (χ0n) is 9.69. The molecular weight excluding hydrogens is 232 g/mol. The number of hydrogen-bond donors (Lipinski definition) is 0. The van der Waals surface area contributed by atoms with Gasteiger partial charge in [0.05, 0.1) is 12.0 Å². The fourth-order valence-corrected chi connectivity index (χ4v) is 2.66. The Bertz CT molecular complexity index is 531. The van der Waals surface area contributed by atoms with Gasteiger partial charge in [0.25, 0.3) is 0 Å². The molecule has 2 aromatic rings. The molecule has 1 aromatic heterocycles. The second kappa shape index (κ2) is 4.53. The third-order valence-corrected chi connectivity index (χ3v) is 3.65. The normalized spacial score (nSPS) is 13.2.